The first-order valence-corrected chi connectivity index (χ1v) is 3.96. The zero-order valence-electron chi connectivity index (χ0n) is 7.03. The van der Waals surface area contributed by atoms with Gasteiger partial charge < -0.3 is 15.5 Å². The smallest absolute Gasteiger partial charge is 0.255 e. The van der Waals surface area contributed by atoms with Crippen molar-refractivity contribution in [2.45, 2.75) is 13.0 Å². The van der Waals surface area contributed by atoms with Crippen LogP contribution in [0.4, 0.5) is 0 Å². The van der Waals surface area contributed by atoms with Crippen LogP contribution in [-0.4, -0.2) is 16.1 Å². The standard InChI is InChI=1S/C9H9NO3/c1-4-6-2-5(11)3-7(12)8(6)9(13)10-4/h2-4,11-12H,1H3,(H,10,13). The summed E-state index contributed by atoms with van der Waals surface area (Å²) in [6.07, 6.45) is 0. The van der Waals surface area contributed by atoms with Crippen LogP contribution in [0.5, 0.6) is 11.5 Å². The number of phenols is 2. The summed E-state index contributed by atoms with van der Waals surface area (Å²) in [5.41, 5.74) is 0.910. The van der Waals surface area contributed by atoms with Gasteiger partial charge in [-0.05, 0) is 18.6 Å². The summed E-state index contributed by atoms with van der Waals surface area (Å²) in [5.74, 6) is -0.489. The second-order valence-corrected chi connectivity index (χ2v) is 3.12. The largest absolute Gasteiger partial charge is 0.508 e. The topological polar surface area (TPSA) is 69.6 Å². The van der Waals surface area contributed by atoms with Gasteiger partial charge in [-0.3, -0.25) is 4.79 Å². The third-order valence-corrected chi connectivity index (χ3v) is 2.17. The summed E-state index contributed by atoms with van der Waals surface area (Å²) >= 11 is 0. The normalized spacial score (nSPS) is 19.8. The molecule has 3 N–H and O–H groups in total. The molecule has 1 heterocycles. The summed E-state index contributed by atoms with van der Waals surface area (Å²) in [4.78, 5) is 11.3. The Hall–Kier alpha value is -1.71. The van der Waals surface area contributed by atoms with E-state index in [2.05, 4.69) is 5.32 Å². The number of carbonyl (C=O) groups excluding carboxylic acids is 1. The number of aromatic hydroxyl groups is 2. The number of hydrogen-bond acceptors (Lipinski definition) is 3. The molecule has 1 aromatic rings. The van der Waals surface area contributed by atoms with Gasteiger partial charge in [0.1, 0.15) is 11.5 Å². The van der Waals surface area contributed by atoms with Gasteiger partial charge in [-0.15, -0.1) is 0 Å². The summed E-state index contributed by atoms with van der Waals surface area (Å²) in [5, 5.41) is 21.2. The molecule has 0 radical (unpaired) electrons. The number of phenolic OH excluding ortho intramolecular Hbond substituents is 2. The van der Waals surface area contributed by atoms with Crippen molar-refractivity contribution in [2.75, 3.05) is 0 Å². The number of hydrogen-bond donors (Lipinski definition) is 3. The molecule has 0 aromatic heterocycles. The Morgan fingerprint density at radius 2 is 2.08 bits per heavy atom. The maximum Gasteiger partial charge on any atom is 0.255 e. The lowest BCUT2D eigenvalue weighted by Crippen LogP contribution is -2.16. The predicted molar refractivity (Wildman–Crippen MR) is 45.7 cm³/mol. The van der Waals surface area contributed by atoms with E-state index in [-0.39, 0.29) is 29.0 Å². The van der Waals surface area contributed by atoms with Crippen molar-refractivity contribution in [3.8, 4) is 11.5 Å². The first-order valence-electron chi connectivity index (χ1n) is 3.96. The van der Waals surface area contributed by atoms with Crippen LogP contribution in [0.15, 0.2) is 12.1 Å². The molecule has 0 bridgehead atoms. The van der Waals surface area contributed by atoms with E-state index in [0.717, 1.165) is 6.07 Å². The van der Waals surface area contributed by atoms with E-state index >= 15 is 0 Å². The molecule has 1 aromatic carbocycles. The van der Waals surface area contributed by atoms with Crippen LogP contribution in [0.3, 0.4) is 0 Å². The van der Waals surface area contributed by atoms with Crippen LogP contribution >= 0.6 is 0 Å². The van der Waals surface area contributed by atoms with E-state index in [1.807, 2.05) is 0 Å². The molecular weight excluding hydrogens is 170 g/mol. The van der Waals surface area contributed by atoms with Gasteiger partial charge in [0.05, 0.1) is 11.6 Å². The number of rotatable bonds is 0. The van der Waals surface area contributed by atoms with Gasteiger partial charge in [-0.1, -0.05) is 0 Å². The SMILES string of the molecule is CC1NC(=O)c2c(O)cc(O)cc21. The number of fused-ring (bicyclic) bond motifs is 1. The zero-order chi connectivity index (χ0) is 9.59. The van der Waals surface area contributed by atoms with E-state index < -0.39 is 0 Å². The molecule has 0 fully saturated rings. The molecule has 0 saturated carbocycles. The highest BCUT2D eigenvalue weighted by Gasteiger charge is 2.28. The van der Waals surface area contributed by atoms with Gasteiger partial charge in [0.2, 0.25) is 0 Å². The van der Waals surface area contributed by atoms with Gasteiger partial charge in [0, 0.05) is 6.07 Å². The van der Waals surface area contributed by atoms with E-state index in [1.165, 1.54) is 6.07 Å². The zero-order valence-corrected chi connectivity index (χ0v) is 7.03. The highest BCUT2D eigenvalue weighted by atomic mass is 16.3. The van der Waals surface area contributed by atoms with Crippen LogP contribution in [0, 0.1) is 0 Å². The first kappa shape index (κ1) is 7.91. The fraction of sp³-hybridized carbons (Fsp3) is 0.222. The highest BCUT2D eigenvalue weighted by Crippen LogP contribution is 2.34. The summed E-state index contributed by atoms with van der Waals surface area (Å²) < 4.78 is 0. The molecule has 13 heavy (non-hydrogen) atoms. The molecule has 1 atom stereocenters. The molecule has 2 rings (SSSR count). The average Bonchev–Trinajstić information content (AvgIpc) is 2.27. The summed E-state index contributed by atoms with van der Waals surface area (Å²) in [7, 11) is 0. The minimum absolute atomic E-state index is 0.0281. The van der Waals surface area contributed by atoms with Crippen molar-refractivity contribution in [2.24, 2.45) is 0 Å². The van der Waals surface area contributed by atoms with Gasteiger partial charge in [0.15, 0.2) is 0 Å². The molecule has 0 aliphatic carbocycles. The Kier molecular flexibility index (Phi) is 1.45. The van der Waals surface area contributed by atoms with Crippen LogP contribution < -0.4 is 5.32 Å². The monoisotopic (exact) mass is 179 g/mol. The van der Waals surface area contributed by atoms with Gasteiger partial charge in [-0.2, -0.15) is 0 Å². The van der Waals surface area contributed by atoms with Gasteiger partial charge in [-0.25, -0.2) is 0 Å². The molecule has 4 heteroatoms. The average molecular weight is 179 g/mol. The number of nitrogens with one attached hydrogen (secondary N) is 1. The third-order valence-electron chi connectivity index (χ3n) is 2.17. The van der Waals surface area contributed by atoms with Crippen molar-refractivity contribution in [1.82, 2.24) is 5.32 Å². The van der Waals surface area contributed by atoms with Gasteiger partial charge in [0.25, 0.3) is 5.91 Å². The third kappa shape index (κ3) is 1.02. The Labute approximate surface area is 74.8 Å². The highest BCUT2D eigenvalue weighted by molar-refractivity contribution is 6.01. The van der Waals surface area contributed by atoms with E-state index in [0.29, 0.717) is 5.56 Å². The van der Waals surface area contributed by atoms with E-state index in [9.17, 15) is 15.0 Å². The first-order chi connectivity index (χ1) is 6.09. The summed E-state index contributed by atoms with van der Waals surface area (Å²) in [6.45, 7) is 1.79. The second-order valence-electron chi connectivity index (χ2n) is 3.12. The Balaban J connectivity index is 2.69. The Morgan fingerprint density at radius 3 is 2.77 bits per heavy atom. The maximum absolute atomic E-state index is 11.3. The van der Waals surface area contributed by atoms with Crippen molar-refractivity contribution < 1.29 is 15.0 Å². The molecule has 68 valence electrons. The van der Waals surface area contributed by atoms with Crippen LogP contribution in [0.2, 0.25) is 0 Å². The summed E-state index contributed by atoms with van der Waals surface area (Å²) in [6, 6.07) is 2.49. The van der Waals surface area contributed by atoms with Crippen LogP contribution in [0.25, 0.3) is 0 Å². The molecule has 1 unspecified atom stereocenters. The molecule has 0 saturated heterocycles. The number of amides is 1. The molecule has 4 nitrogen and oxygen atoms in total. The molecular formula is C9H9NO3. The molecule has 1 aliphatic rings. The quantitative estimate of drug-likeness (QED) is 0.554. The van der Waals surface area contributed by atoms with Gasteiger partial charge >= 0.3 is 0 Å². The fourth-order valence-electron chi connectivity index (χ4n) is 1.57. The molecule has 1 amide bonds. The molecule has 1 aliphatic heterocycles. The lowest BCUT2D eigenvalue weighted by atomic mass is 10.0. The Morgan fingerprint density at radius 1 is 1.38 bits per heavy atom. The lowest BCUT2D eigenvalue weighted by molar-refractivity contribution is 0.0956. The van der Waals surface area contributed by atoms with E-state index in [4.69, 9.17) is 0 Å². The van der Waals surface area contributed by atoms with Crippen molar-refractivity contribution in [3.63, 3.8) is 0 Å². The molecule has 0 spiro atoms. The van der Waals surface area contributed by atoms with Crippen molar-refractivity contribution >= 4 is 5.91 Å². The van der Waals surface area contributed by atoms with Crippen molar-refractivity contribution in [1.29, 1.82) is 0 Å². The fourth-order valence-corrected chi connectivity index (χ4v) is 1.57. The number of carbonyl (C=O) groups is 1. The second kappa shape index (κ2) is 2.39. The minimum atomic E-state index is -0.292. The minimum Gasteiger partial charge on any atom is -0.508 e. The Bertz CT molecular complexity index is 387. The van der Waals surface area contributed by atoms with E-state index in [1.54, 1.807) is 6.92 Å². The van der Waals surface area contributed by atoms with Crippen LogP contribution in [0.1, 0.15) is 28.9 Å². The van der Waals surface area contributed by atoms with Crippen molar-refractivity contribution in [3.05, 3.63) is 23.3 Å². The van der Waals surface area contributed by atoms with Crippen LogP contribution in [-0.2, 0) is 0 Å². The lowest BCUT2D eigenvalue weighted by Gasteiger charge is -2.04. The maximum atomic E-state index is 11.3. The predicted octanol–water partition coefficient (Wildman–Crippen LogP) is 0.902. The number of benzene rings is 1.